The van der Waals surface area contributed by atoms with E-state index in [0.29, 0.717) is 0 Å². The van der Waals surface area contributed by atoms with E-state index in [9.17, 15) is 9.59 Å². The van der Waals surface area contributed by atoms with Crippen LogP contribution in [0.5, 0.6) is 0 Å². The van der Waals surface area contributed by atoms with Crippen LogP contribution in [-0.2, 0) is 4.79 Å². The molecule has 0 atom stereocenters. The van der Waals surface area contributed by atoms with Gasteiger partial charge in [0.05, 0.1) is 5.69 Å². The molecule has 0 aromatic heterocycles. The molecule has 1 aromatic rings. The van der Waals surface area contributed by atoms with Gasteiger partial charge in [0.15, 0.2) is 0 Å². The van der Waals surface area contributed by atoms with Crippen LogP contribution in [0, 0.1) is 13.8 Å². The maximum atomic E-state index is 11.2. The minimum absolute atomic E-state index is 0.134. The zero-order valence-corrected chi connectivity index (χ0v) is 9.20. The highest BCUT2D eigenvalue weighted by Crippen LogP contribution is 2.17. The van der Waals surface area contributed by atoms with Crippen LogP contribution in [0.25, 0.3) is 0 Å². The number of anilines is 1. The number of urea groups is 1. The first-order chi connectivity index (χ1) is 7.54. The second kappa shape index (κ2) is 3.84. The lowest BCUT2D eigenvalue weighted by atomic mass is 10.1. The second-order valence-corrected chi connectivity index (χ2v) is 3.92. The first-order valence-electron chi connectivity index (χ1n) is 5.01. The van der Waals surface area contributed by atoms with Gasteiger partial charge >= 0.3 is 6.03 Å². The van der Waals surface area contributed by atoms with Crippen LogP contribution in [0.1, 0.15) is 11.1 Å². The Kier molecular flexibility index (Phi) is 2.52. The lowest BCUT2D eigenvalue weighted by molar-refractivity contribution is -0.119. The summed E-state index contributed by atoms with van der Waals surface area (Å²) in [6.07, 6.45) is 0. The molecule has 1 heterocycles. The maximum absolute atomic E-state index is 11.2. The summed E-state index contributed by atoms with van der Waals surface area (Å²) in [5, 5.41) is 3.72. The number of carbonyl (C=O) groups excluding carboxylic acids is 2. The van der Waals surface area contributed by atoms with Gasteiger partial charge in [-0.05, 0) is 37.1 Å². The van der Waals surface area contributed by atoms with Crippen LogP contribution in [0.3, 0.4) is 0 Å². The fourth-order valence-electron chi connectivity index (χ4n) is 1.76. The fraction of sp³-hybridized carbons (Fsp3) is 0.273. The van der Waals surface area contributed by atoms with Crippen molar-refractivity contribution in [3.63, 3.8) is 0 Å². The minimum atomic E-state index is -0.490. The summed E-state index contributed by atoms with van der Waals surface area (Å²) in [7, 11) is 0. The topological polar surface area (TPSA) is 61.4 Å². The van der Waals surface area contributed by atoms with Gasteiger partial charge in [-0.25, -0.2) is 10.2 Å². The summed E-state index contributed by atoms with van der Waals surface area (Å²) in [6.45, 7) is 4.08. The van der Waals surface area contributed by atoms with Gasteiger partial charge in [0.2, 0.25) is 5.91 Å². The third kappa shape index (κ3) is 2.13. The van der Waals surface area contributed by atoms with E-state index in [0.717, 1.165) is 16.8 Å². The van der Waals surface area contributed by atoms with E-state index in [1.807, 2.05) is 32.0 Å². The van der Waals surface area contributed by atoms with Crippen molar-refractivity contribution in [3.8, 4) is 0 Å². The number of benzene rings is 1. The van der Waals surface area contributed by atoms with E-state index in [1.165, 1.54) is 0 Å². The predicted molar refractivity (Wildman–Crippen MR) is 59.9 cm³/mol. The Balaban J connectivity index is 2.29. The Morgan fingerprint density at radius 2 is 1.75 bits per heavy atom. The number of carbonyl (C=O) groups is 2. The lowest BCUT2D eigenvalue weighted by Crippen LogP contribution is -2.59. The zero-order valence-electron chi connectivity index (χ0n) is 9.20. The highest BCUT2D eigenvalue weighted by atomic mass is 16.2. The molecule has 16 heavy (non-hydrogen) atoms. The molecule has 1 aromatic carbocycles. The van der Waals surface area contributed by atoms with Crippen molar-refractivity contribution >= 4 is 17.6 Å². The normalized spacial score (nSPS) is 15.8. The number of hydrogen-bond acceptors (Lipinski definition) is 3. The van der Waals surface area contributed by atoms with Crippen molar-refractivity contribution in [2.75, 3.05) is 11.6 Å². The van der Waals surface area contributed by atoms with Gasteiger partial charge in [-0.15, -0.1) is 0 Å². The molecule has 1 aliphatic rings. The van der Waals surface area contributed by atoms with Gasteiger partial charge in [0.1, 0.15) is 6.54 Å². The number of hydrogen-bond donors (Lipinski definition) is 2. The zero-order chi connectivity index (χ0) is 11.7. The molecular weight excluding hydrogens is 206 g/mol. The number of amides is 3. The van der Waals surface area contributed by atoms with E-state index in [-0.39, 0.29) is 12.5 Å². The molecule has 1 saturated heterocycles. The summed E-state index contributed by atoms with van der Waals surface area (Å²) < 4.78 is 0. The Hall–Kier alpha value is -2.04. The average molecular weight is 219 g/mol. The molecule has 5 heteroatoms. The molecule has 3 amide bonds. The smallest absolute Gasteiger partial charge is 0.275 e. The molecule has 0 bridgehead atoms. The first-order valence-corrected chi connectivity index (χ1v) is 5.01. The van der Waals surface area contributed by atoms with Crippen LogP contribution in [0.15, 0.2) is 18.2 Å². The summed E-state index contributed by atoms with van der Waals surface area (Å²) in [5.74, 6) is -0.303. The highest BCUT2D eigenvalue weighted by molar-refractivity contribution is 6.00. The monoisotopic (exact) mass is 219 g/mol. The Morgan fingerprint density at radius 3 is 2.31 bits per heavy atom. The Morgan fingerprint density at radius 1 is 1.12 bits per heavy atom. The number of hydrazine groups is 1. The van der Waals surface area contributed by atoms with Crippen LogP contribution in [-0.4, -0.2) is 18.5 Å². The molecule has 2 rings (SSSR count). The van der Waals surface area contributed by atoms with Crippen LogP contribution < -0.4 is 15.8 Å². The van der Waals surface area contributed by atoms with Gasteiger partial charge in [-0.1, -0.05) is 6.07 Å². The average Bonchev–Trinajstić information content (AvgIpc) is 2.14. The molecule has 1 fully saturated rings. The van der Waals surface area contributed by atoms with Crippen LogP contribution in [0.4, 0.5) is 10.5 Å². The van der Waals surface area contributed by atoms with Crippen molar-refractivity contribution in [3.05, 3.63) is 29.3 Å². The Bertz CT molecular complexity index is 420. The maximum Gasteiger partial charge on any atom is 0.340 e. The van der Waals surface area contributed by atoms with Crippen LogP contribution in [0.2, 0.25) is 0 Å². The predicted octanol–water partition coefficient (Wildman–Crippen LogP) is 0.864. The van der Waals surface area contributed by atoms with E-state index in [1.54, 1.807) is 5.01 Å². The van der Waals surface area contributed by atoms with Gasteiger partial charge in [0.25, 0.3) is 0 Å². The summed E-state index contributed by atoms with van der Waals surface area (Å²) in [4.78, 5) is 22.4. The molecule has 84 valence electrons. The number of imide groups is 1. The minimum Gasteiger partial charge on any atom is -0.275 e. The molecule has 0 spiro atoms. The molecule has 1 aliphatic heterocycles. The number of rotatable bonds is 1. The highest BCUT2D eigenvalue weighted by Gasteiger charge is 2.21. The summed E-state index contributed by atoms with van der Waals surface area (Å²) >= 11 is 0. The number of aryl methyl sites for hydroxylation is 2. The fourth-order valence-corrected chi connectivity index (χ4v) is 1.76. The SMILES string of the molecule is Cc1cc(C)cc(N2CC(=O)NC(=O)N2)c1. The van der Waals surface area contributed by atoms with Gasteiger partial charge in [-0.3, -0.25) is 15.1 Å². The lowest BCUT2D eigenvalue weighted by Gasteiger charge is -2.29. The summed E-state index contributed by atoms with van der Waals surface area (Å²) in [5.41, 5.74) is 5.59. The van der Waals surface area contributed by atoms with Crippen molar-refractivity contribution in [1.29, 1.82) is 0 Å². The standard InChI is InChI=1S/C11H13N3O2/c1-7-3-8(2)5-9(4-7)14-6-10(15)12-11(16)13-14/h3-5H,6H2,1-2H3,(H2,12,13,15,16). The quantitative estimate of drug-likeness (QED) is 0.736. The molecule has 0 radical (unpaired) electrons. The van der Waals surface area contributed by atoms with E-state index in [4.69, 9.17) is 0 Å². The molecule has 0 saturated carbocycles. The first kappa shape index (κ1) is 10.5. The van der Waals surface area contributed by atoms with Crippen LogP contribution >= 0.6 is 0 Å². The van der Waals surface area contributed by atoms with E-state index < -0.39 is 6.03 Å². The van der Waals surface area contributed by atoms with Crippen molar-refractivity contribution in [1.82, 2.24) is 10.7 Å². The van der Waals surface area contributed by atoms with E-state index in [2.05, 4.69) is 10.7 Å². The van der Waals surface area contributed by atoms with Gasteiger partial charge < -0.3 is 0 Å². The van der Waals surface area contributed by atoms with Crippen molar-refractivity contribution in [2.45, 2.75) is 13.8 Å². The van der Waals surface area contributed by atoms with Gasteiger partial charge in [-0.2, -0.15) is 0 Å². The molecule has 2 N–H and O–H groups in total. The Labute approximate surface area is 93.4 Å². The third-order valence-electron chi connectivity index (χ3n) is 2.31. The number of nitrogens with one attached hydrogen (secondary N) is 2. The second-order valence-electron chi connectivity index (χ2n) is 3.92. The molecular formula is C11H13N3O2. The number of nitrogens with zero attached hydrogens (tertiary/aromatic N) is 1. The third-order valence-corrected chi connectivity index (χ3v) is 2.31. The van der Waals surface area contributed by atoms with E-state index >= 15 is 0 Å². The van der Waals surface area contributed by atoms with Crippen molar-refractivity contribution < 1.29 is 9.59 Å². The van der Waals surface area contributed by atoms with Crippen molar-refractivity contribution in [2.24, 2.45) is 0 Å². The molecule has 5 nitrogen and oxygen atoms in total. The molecule has 0 aliphatic carbocycles. The summed E-state index contributed by atoms with van der Waals surface area (Å²) in [6, 6.07) is 5.39. The molecule has 0 unspecified atom stereocenters. The largest absolute Gasteiger partial charge is 0.340 e. The van der Waals surface area contributed by atoms with Gasteiger partial charge in [0, 0.05) is 0 Å².